The minimum Gasteiger partial charge on any atom is -0.510 e. The first kappa shape index (κ1) is 29.8. The van der Waals surface area contributed by atoms with E-state index in [1.807, 2.05) is 32.8 Å². The first-order valence-electron chi connectivity index (χ1n) is 12.9. The van der Waals surface area contributed by atoms with Gasteiger partial charge in [-0.3, -0.25) is 19.3 Å². The number of likely N-dealkylation sites (N-methyl/N-ethyl adjacent to an activating group) is 1. The Balaban J connectivity index is 1.82. The summed E-state index contributed by atoms with van der Waals surface area (Å²) in [5.41, 5.74) is 1.41. The number of nitrogens with zero attached hydrogens (tertiary/aromatic N) is 3. The lowest BCUT2D eigenvalue weighted by Crippen LogP contribution is -2.63. The summed E-state index contributed by atoms with van der Waals surface area (Å²) in [6.07, 6.45) is 0.0436. The van der Waals surface area contributed by atoms with E-state index in [1.54, 1.807) is 14.1 Å². The number of allylic oxidation sites excluding steroid dienone is 1. The fourth-order valence-electron chi connectivity index (χ4n) is 6.52. The van der Waals surface area contributed by atoms with Gasteiger partial charge in [0.05, 0.1) is 11.6 Å². The molecular weight excluding hydrogens is 542 g/mol. The Morgan fingerprint density at radius 1 is 1.20 bits per heavy atom. The molecule has 4 atom stereocenters. The maximum atomic E-state index is 13.9. The molecule has 12 nitrogen and oxygen atoms in total. The Bertz CT molecular complexity index is 1370. The maximum absolute atomic E-state index is 13.9. The van der Waals surface area contributed by atoms with Crippen LogP contribution in [0.15, 0.2) is 22.7 Å². The van der Waals surface area contributed by atoms with Crippen LogP contribution in [0, 0.1) is 17.3 Å². The molecule has 0 unspecified atom stereocenters. The number of Topliss-reactive ketones (excluding diaryl/α,β-unsaturated/α-hetero) is 2. The molecule has 1 aromatic rings. The monoisotopic (exact) mass is 577 g/mol. The van der Waals surface area contributed by atoms with Crippen molar-refractivity contribution in [1.29, 1.82) is 0 Å². The van der Waals surface area contributed by atoms with E-state index < -0.39 is 63.8 Å². The normalized spacial score (nSPS) is 26.7. The van der Waals surface area contributed by atoms with Gasteiger partial charge in [-0.2, -0.15) is 0 Å². The van der Waals surface area contributed by atoms with Crippen molar-refractivity contribution in [3.8, 4) is 5.75 Å². The van der Waals surface area contributed by atoms with Crippen LogP contribution >= 0.6 is 11.6 Å². The predicted molar refractivity (Wildman–Crippen MR) is 147 cm³/mol. The first-order valence-corrected chi connectivity index (χ1v) is 13.3. The molecule has 0 spiro atoms. The number of pyridine rings is 1. The summed E-state index contributed by atoms with van der Waals surface area (Å²) in [4.78, 5) is 47.2. The third-order valence-electron chi connectivity index (χ3n) is 8.02. The number of carbonyl (C=O) groups excluding carboxylic acids is 3. The molecule has 0 aliphatic heterocycles. The van der Waals surface area contributed by atoms with Gasteiger partial charge in [0, 0.05) is 30.1 Å². The van der Waals surface area contributed by atoms with Gasteiger partial charge in [-0.05, 0) is 52.4 Å². The Kier molecular flexibility index (Phi) is 7.46. The molecule has 1 heterocycles. The van der Waals surface area contributed by atoms with E-state index in [-0.39, 0.29) is 45.9 Å². The summed E-state index contributed by atoms with van der Waals surface area (Å²) in [5, 5.41) is 48.1. The van der Waals surface area contributed by atoms with Crippen LogP contribution in [-0.4, -0.2) is 106 Å². The summed E-state index contributed by atoms with van der Waals surface area (Å²) in [5.74, 6) is -7.24. The number of aliphatic hydroxyl groups is 3. The quantitative estimate of drug-likeness (QED) is 0.201. The number of fused-ring (bicyclic) bond motifs is 3. The fraction of sp³-hybridized carbons (Fsp3) is 0.556. The number of hydrogen-bond donors (Lipinski definition) is 6. The smallest absolute Gasteiger partial charge is 0.255 e. The standard InChI is InChI=1S/C27H36ClN5O7/c1-26(2,10-32(3)4)9-30-25-20(36)15-12(23(28)31-25)7-11-8-13-17(33(5)6)19(35)16(24(29)39)22(38)27(13,40)21(37)14(11)18(15)34/h11,13,17,35-37,40H,7-10H2,1-6H3,(H2,29,39)(H,30,31)/t11-,13-,17-,27-/m0/s1. The van der Waals surface area contributed by atoms with Crippen LogP contribution in [0.2, 0.25) is 5.15 Å². The zero-order valence-corrected chi connectivity index (χ0v) is 24.1. The number of amides is 1. The van der Waals surface area contributed by atoms with E-state index in [4.69, 9.17) is 17.3 Å². The molecule has 3 aliphatic rings. The molecule has 13 heteroatoms. The molecule has 0 saturated heterocycles. The number of ketones is 2. The van der Waals surface area contributed by atoms with Crippen LogP contribution in [0.3, 0.4) is 0 Å². The number of aliphatic hydroxyl groups excluding tert-OH is 2. The van der Waals surface area contributed by atoms with Gasteiger partial charge in [-0.1, -0.05) is 25.4 Å². The van der Waals surface area contributed by atoms with Gasteiger partial charge in [-0.15, -0.1) is 0 Å². The maximum Gasteiger partial charge on any atom is 0.255 e. The number of hydrogen-bond acceptors (Lipinski definition) is 11. The van der Waals surface area contributed by atoms with Crippen molar-refractivity contribution in [2.75, 3.05) is 46.6 Å². The van der Waals surface area contributed by atoms with Crippen molar-refractivity contribution < 1.29 is 34.8 Å². The predicted octanol–water partition coefficient (Wildman–Crippen LogP) is 1.17. The molecular formula is C27H36ClN5O7. The number of nitrogens with two attached hydrogens (primary N) is 1. The van der Waals surface area contributed by atoms with Gasteiger partial charge in [0.25, 0.3) is 5.91 Å². The Morgan fingerprint density at radius 2 is 1.82 bits per heavy atom. The zero-order chi connectivity index (χ0) is 30.1. The summed E-state index contributed by atoms with van der Waals surface area (Å²) in [6.45, 7) is 5.14. The van der Waals surface area contributed by atoms with Crippen LogP contribution in [0.1, 0.15) is 36.2 Å². The van der Waals surface area contributed by atoms with E-state index >= 15 is 0 Å². The van der Waals surface area contributed by atoms with Crippen LogP contribution in [-0.2, 0) is 16.0 Å². The van der Waals surface area contributed by atoms with Gasteiger partial charge < -0.3 is 36.4 Å². The molecule has 0 bridgehead atoms. The van der Waals surface area contributed by atoms with Crippen molar-refractivity contribution >= 4 is 34.9 Å². The number of nitrogens with one attached hydrogen (secondary N) is 1. The number of carbonyl (C=O) groups is 3. The van der Waals surface area contributed by atoms with Crippen molar-refractivity contribution in [2.45, 2.75) is 38.3 Å². The highest BCUT2D eigenvalue weighted by atomic mass is 35.5. The minimum atomic E-state index is -2.70. The highest BCUT2D eigenvalue weighted by Gasteiger charge is 2.63. The van der Waals surface area contributed by atoms with E-state index in [0.29, 0.717) is 6.54 Å². The lowest BCUT2D eigenvalue weighted by Gasteiger charge is -2.50. The molecule has 1 amide bonds. The molecule has 4 rings (SSSR count). The second-order valence-electron chi connectivity index (χ2n) is 12.2. The second kappa shape index (κ2) is 10.0. The SMILES string of the molecule is CN(C)CC(C)(C)CNc1nc(Cl)c2c(c1O)C(=O)C1=C(O)[C@]3(O)C(=O)C(C(N)=O)=C(O)[C@@H](N(C)C)[C@@H]3C[C@@H]1C2. The summed E-state index contributed by atoms with van der Waals surface area (Å²) in [7, 11) is 7.01. The third kappa shape index (κ3) is 4.52. The minimum absolute atomic E-state index is 0.00363. The van der Waals surface area contributed by atoms with Crippen LogP contribution in [0.5, 0.6) is 5.75 Å². The van der Waals surface area contributed by atoms with Crippen LogP contribution in [0.25, 0.3) is 0 Å². The number of primary amides is 1. The van der Waals surface area contributed by atoms with Crippen molar-refractivity contribution in [1.82, 2.24) is 14.8 Å². The van der Waals surface area contributed by atoms with Crippen molar-refractivity contribution in [3.05, 3.63) is 38.9 Å². The summed E-state index contributed by atoms with van der Waals surface area (Å²) in [6, 6.07) is -1.07. The number of rotatable bonds is 7. The van der Waals surface area contributed by atoms with Gasteiger partial charge in [0.15, 0.2) is 23.0 Å². The lowest BCUT2D eigenvalue weighted by molar-refractivity contribution is -0.148. The van der Waals surface area contributed by atoms with Crippen LogP contribution < -0.4 is 11.1 Å². The number of halogens is 1. The molecule has 0 radical (unpaired) electrons. The largest absolute Gasteiger partial charge is 0.510 e. The molecule has 0 saturated carbocycles. The number of aromatic hydroxyl groups is 1. The average molecular weight is 578 g/mol. The summed E-state index contributed by atoms with van der Waals surface area (Å²) >= 11 is 6.52. The van der Waals surface area contributed by atoms with Gasteiger partial charge >= 0.3 is 0 Å². The Labute approximate surface area is 237 Å². The zero-order valence-electron chi connectivity index (χ0n) is 23.4. The van der Waals surface area contributed by atoms with E-state index in [0.717, 1.165) is 6.54 Å². The molecule has 0 fully saturated rings. The van der Waals surface area contributed by atoms with Gasteiger partial charge in [0.1, 0.15) is 22.2 Å². The first-order chi connectivity index (χ1) is 18.4. The second-order valence-corrected chi connectivity index (χ2v) is 12.5. The molecule has 218 valence electrons. The van der Waals surface area contributed by atoms with E-state index in [1.165, 1.54) is 4.90 Å². The number of anilines is 1. The third-order valence-corrected chi connectivity index (χ3v) is 8.33. The highest BCUT2D eigenvalue weighted by Crippen LogP contribution is 2.53. The molecule has 1 aromatic heterocycles. The Morgan fingerprint density at radius 3 is 2.38 bits per heavy atom. The average Bonchev–Trinajstić information content (AvgIpc) is 2.81. The van der Waals surface area contributed by atoms with Gasteiger partial charge in [-0.25, -0.2) is 4.98 Å². The molecule has 7 N–H and O–H groups in total. The molecule has 0 aromatic carbocycles. The van der Waals surface area contributed by atoms with Crippen LogP contribution in [0.4, 0.5) is 5.82 Å². The van der Waals surface area contributed by atoms with E-state index in [9.17, 15) is 34.8 Å². The molecule has 3 aliphatic carbocycles. The summed E-state index contributed by atoms with van der Waals surface area (Å²) < 4.78 is 0. The highest BCUT2D eigenvalue weighted by molar-refractivity contribution is 6.32. The van der Waals surface area contributed by atoms with E-state index in [2.05, 4.69) is 10.3 Å². The lowest BCUT2D eigenvalue weighted by atomic mass is 9.58. The van der Waals surface area contributed by atoms with Crippen molar-refractivity contribution in [2.24, 2.45) is 23.0 Å². The fourth-order valence-corrected chi connectivity index (χ4v) is 6.78. The number of aromatic nitrogens is 1. The van der Waals surface area contributed by atoms with Crippen molar-refractivity contribution in [3.63, 3.8) is 0 Å². The Hall–Kier alpha value is -3.19. The van der Waals surface area contributed by atoms with Gasteiger partial charge in [0.2, 0.25) is 5.78 Å². The topological polar surface area (TPSA) is 190 Å². The molecule has 40 heavy (non-hydrogen) atoms.